The van der Waals surface area contributed by atoms with Crippen molar-refractivity contribution in [2.45, 2.75) is 44.2 Å². The SMILES string of the molecule is Cc1cnc(S(=O)(=O)N2CC3(CCC(C4COCCN4)C3)C2)c(C)c1. The fraction of sp³-hybridized carbons (Fsp3) is 0.722. The standard InChI is InChI=1S/C18H27N3O3S/c1-13-7-14(2)17(20-9-13)25(22,23)21-11-18(12-21)4-3-15(8-18)16-10-24-6-5-19-16/h7,9,15-16,19H,3-6,8,10-12H2,1-2H3. The van der Waals surface area contributed by atoms with Crippen LogP contribution < -0.4 is 5.32 Å². The third-order valence-electron chi connectivity index (χ3n) is 6.03. The Morgan fingerprint density at radius 1 is 1.36 bits per heavy atom. The molecule has 6 nitrogen and oxygen atoms in total. The van der Waals surface area contributed by atoms with Crippen molar-refractivity contribution in [1.29, 1.82) is 0 Å². The number of rotatable bonds is 3. The smallest absolute Gasteiger partial charge is 0.260 e. The maximum absolute atomic E-state index is 12.9. The van der Waals surface area contributed by atoms with Crippen LogP contribution in [0, 0.1) is 25.2 Å². The number of aryl methyl sites for hydroxylation is 2. The number of aromatic nitrogens is 1. The summed E-state index contributed by atoms with van der Waals surface area (Å²) in [6.07, 6.45) is 5.01. The molecule has 0 radical (unpaired) electrons. The second-order valence-electron chi connectivity index (χ2n) is 8.05. The van der Waals surface area contributed by atoms with Gasteiger partial charge in [-0.05, 0) is 55.6 Å². The first kappa shape index (κ1) is 17.4. The fourth-order valence-corrected chi connectivity index (χ4v) is 6.52. The largest absolute Gasteiger partial charge is 0.379 e. The molecule has 0 bridgehead atoms. The first-order chi connectivity index (χ1) is 11.9. The van der Waals surface area contributed by atoms with Crippen LogP contribution in [-0.2, 0) is 14.8 Å². The zero-order valence-electron chi connectivity index (χ0n) is 15.0. The topological polar surface area (TPSA) is 71.5 Å². The van der Waals surface area contributed by atoms with Crippen molar-refractivity contribution in [3.8, 4) is 0 Å². The van der Waals surface area contributed by atoms with Gasteiger partial charge in [-0.3, -0.25) is 0 Å². The number of sulfonamides is 1. The quantitative estimate of drug-likeness (QED) is 0.878. The summed E-state index contributed by atoms with van der Waals surface area (Å²) in [5, 5.41) is 3.77. The molecule has 4 rings (SSSR count). The number of ether oxygens (including phenoxy) is 1. The van der Waals surface area contributed by atoms with E-state index in [4.69, 9.17) is 4.74 Å². The Morgan fingerprint density at radius 2 is 2.16 bits per heavy atom. The van der Waals surface area contributed by atoms with Gasteiger partial charge in [0, 0.05) is 31.9 Å². The van der Waals surface area contributed by atoms with Gasteiger partial charge >= 0.3 is 0 Å². The third-order valence-corrected chi connectivity index (χ3v) is 7.89. The van der Waals surface area contributed by atoms with Crippen LogP contribution in [0.15, 0.2) is 17.3 Å². The number of nitrogens with zero attached hydrogens (tertiary/aromatic N) is 2. The first-order valence-electron chi connectivity index (χ1n) is 9.14. The molecular weight excluding hydrogens is 338 g/mol. The Kier molecular flexibility index (Phi) is 4.38. The molecular formula is C18H27N3O3S. The van der Waals surface area contributed by atoms with E-state index < -0.39 is 10.0 Å². The zero-order valence-corrected chi connectivity index (χ0v) is 15.8. The summed E-state index contributed by atoms with van der Waals surface area (Å²) in [7, 11) is -3.47. The van der Waals surface area contributed by atoms with Gasteiger partial charge in [0.1, 0.15) is 0 Å². The van der Waals surface area contributed by atoms with E-state index in [1.807, 2.05) is 19.9 Å². The minimum Gasteiger partial charge on any atom is -0.379 e. The summed E-state index contributed by atoms with van der Waals surface area (Å²) >= 11 is 0. The maximum atomic E-state index is 12.9. The zero-order chi connectivity index (χ0) is 17.7. The van der Waals surface area contributed by atoms with Gasteiger partial charge in [-0.2, -0.15) is 4.31 Å². The predicted molar refractivity (Wildman–Crippen MR) is 94.9 cm³/mol. The molecule has 1 aliphatic carbocycles. The average molecular weight is 365 g/mol. The summed E-state index contributed by atoms with van der Waals surface area (Å²) in [5.41, 5.74) is 1.88. The van der Waals surface area contributed by atoms with E-state index in [-0.39, 0.29) is 10.4 Å². The summed E-state index contributed by atoms with van der Waals surface area (Å²) in [5.74, 6) is 0.601. The molecule has 3 fully saturated rings. The highest BCUT2D eigenvalue weighted by Gasteiger charge is 2.53. The van der Waals surface area contributed by atoms with Gasteiger partial charge < -0.3 is 10.1 Å². The molecule has 0 aromatic carbocycles. The molecule has 25 heavy (non-hydrogen) atoms. The molecule has 1 aromatic heterocycles. The van der Waals surface area contributed by atoms with Crippen LogP contribution in [0.4, 0.5) is 0 Å². The van der Waals surface area contributed by atoms with Crippen LogP contribution in [-0.4, -0.2) is 56.6 Å². The summed E-state index contributed by atoms with van der Waals surface area (Å²) in [4.78, 5) is 4.20. The van der Waals surface area contributed by atoms with E-state index in [0.29, 0.717) is 25.0 Å². The van der Waals surface area contributed by atoms with E-state index >= 15 is 0 Å². The van der Waals surface area contributed by atoms with Crippen LogP contribution in [0.25, 0.3) is 0 Å². The van der Waals surface area contributed by atoms with Gasteiger partial charge in [0.25, 0.3) is 10.0 Å². The summed E-state index contributed by atoms with van der Waals surface area (Å²) in [6, 6.07) is 2.32. The van der Waals surface area contributed by atoms with Crippen molar-refractivity contribution >= 4 is 10.0 Å². The van der Waals surface area contributed by atoms with Gasteiger partial charge in [0.15, 0.2) is 5.03 Å². The molecule has 1 aromatic rings. The summed E-state index contributed by atoms with van der Waals surface area (Å²) in [6.45, 7) is 7.52. The second-order valence-corrected chi connectivity index (χ2v) is 9.90. The Balaban J connectivity index is 1.43. The highest BCUT2D eigenvalue weighted by molar-refractivity contribution is 7.89. The molecule has 1 spiro atoms. The number of hydrogen-bond acceptors (Lipinski definition) is 5. The molecule has 3 aliphatic rings. The van der Waals surface area contributed by atoms with Gasteiger partial charge in [-0.1, -0.05) is 6.07 Å². The van der Waals surface area contributed by atoms with Crippen LogP contribution in [0.5, 0.6) is 0 Å². The molecule has 1 N–H and O–H groups in total. The van der Waals surface area contributed by atoms with Crippen molar-refractivity contribution in [1.82, 2.24) is 14.6 Å². The molecule has 138 valence electrons. The number of pyridine rings is 1. The van der Waals surface area contributed by atoms with Crippen molar-refractivity contribution in [3.63, 3.8) is 0 Å². The Hall–Kier alpha value is -1.02. The lowest BCUT2D eigenvalue weighted by Crippen LogP contribution is -2.57. The maximum Gasteiger partial charge on any atom is 0.260 e. The Bertz CT molecular complexity index is 753. The summed E-state index contributed by atoms with van der Waals surface area (Å²) < 4.78 is 33.0. The van der Waals surface area contributed by atoms with Crippen molar-refractivity contribution < 1.29 is 13.2 Å². The normalized spacial score (nSPS) is 29.7. The molecule has 2 unspecified atom stereocenters. The Morgan fingerprint density at radius 3 is 2.84 bits per heavy atom. The number of hydrogen-bond donors (Lipinski definition) is 1. The van der Waals surface area contributed by atoms with E-state index in [9.17, 15) is 8.42 Å². The lowest BCUT2D eigenvalue weighted by molar-refractivity contribution is 0.0413. The molecule has 7 heteroatoms. The van der Waals surface area contributed by atoms with E-state index in [2.05, 4.69) is 10.3 Å². The van der Waals surface area contributed by atoms with Crippen molar-refractivity contribution in [3.05, 3.63) is 23.4 Å². The monoisotopic (exact) mass is 365 g/mol. The van der Waals surface area contributed by atoms with Crippen molar-refractivity contribution in [2.24, 2.45) is 11.3 Å². The van der Waals surface area contributed by atoms with Crippen molar-refractivity contribution in [2.75, 3.05) is 32.8 Å². The van der Waals surface area contributed by atoms with E-state index in [0.717, 1.165) is 50.1 Å². The molecule has 2 saturated heterocycles. The minimum atomic E-state index is -3.47. The van der Waals surface area contributed by atoms with E-state index in [1.54, 1.807) is 10.5 Å². The molecule has 2 atom stereocenters. The molecule has 2 aliphatic heterocycles. The molecule has 3 heterocycles. The van der Waals surface area contributed by atoms with Crippen LogP contribution in [0.3, 0.4) is 0 Å². The molecule has 1 saturated carbocycles. The van der Waals surface area contributed by atoms with Gasteiger partial charge in [-0.15, -0.1) is 0 Å². The highest BCUT2D eigenvalue weighted by atomic mass is 32.2. The number of morpholine rings is 1. The molecule has 0 amide bonds. The van der Waals surface area contributed by atoms with Gasteiger partial charge in [-0.25, -0.2) is 13.4 Å². The van der Waals surface area contributed by atoms with Crippen LogP contribution in [0.2, 0.25) is 0 Å². The lowest BCUT2D eigenvalue weighted by Gasteiger charge is -2.47. The average Bonchev–Trinajstić information content (AvgIpc) is 3.00. The fourth-order valence-electron chi connectivity index (χ4n) is 4.74. The predicted octanol–water partition coefficient (Wildman–Crippen LogP) is 1.48. The van der Waals surface area contributed by atoms with Crippen LogP contribution in [0.1, 0.15) is 30.4 Å². The first-order valence-corrected chi connectivity index (χ1v) is 10.6. The van der Waals surface area contributed by atoms with Gasteiger partial charge in [0.2, 0.25) is 0 Å². The van der Waals surface area contributed by atoms with Gasteiger partial charge in [0.05, 0.1) is 13.2 Å². The lowest BCUT2D eigenvalue weighted by atomic mass is 9.78. The minimum absolute atomic E-state index is 0.162. The Labute approximate surface area is 150 Å². The highest BCUT2D eigenvalue weighted by Crippen LogP contribution is 2.50. The van der Waals surface area contributed by atoms with Crippen LogP contribution >= 0.6 is 0 Å². The third kappa shape index (κ3) is 3.12. The van der Waals surface area contributed by atoms with E-state index in [1.165, 1.54) is 0 Å². The number of nitrogens with one attached hydrogen (secondary N) is 1. The second kappa shape index (κ2) is 6.30.